The Hall–Kier alpha value is -1.68. The molecule has 0 saturated heterocycles. The lowest BCUT2D eigenvalue weighted by molar-refractivity contribution is 0.463. The zero-order valence-corrected chi connectivity index (χ0v) is 10.0. The van der Waals surface area contributed by atoms with E-state index in [4.69, 9.17) is 5.39 Å². The van der Waals surface area contributed by atoms with Gasteiger partial charge < -0.3 is 4.55 Å². The first-order chi connectivity index (χ1) is 7.50. The van der Waals surface area contributed by atoms with Gasteiger partial charge in [0.05, 0.1) is 4.90 Å². The second-order valence-corrected chi connectivity index (χ2v) is 4.63. The van der Waals surface area contributed by atoms with Crippen molar-refractivity contribution in [2.24, 2.45) is 0 Å². The van der Waals surface area contributed by atoms with Gasteiger partial charge in [0.15, 0.2) is 4.98 Å². The Balaban J connectivity index is 0.00000144. The third-order valence-electron chi connectivity index (χ3n) is 2.20. The molecule has 88 valence electrons. The van der Waals surface area contributed by atoms with Gasteiger partial charge in [0, 0.05) is 12.1 Å². The van der Waals surface area contributed by atoms with E-state index in [0.717, 1.165) is 0 Å². The highest BCUT2D eigenvalue weighted by Crippen LogP contribution is 2.23. The van der Waals surface area contributed by atoms with E-state index in [1.807, 2.05) is 0 Å². The molecule has 0 spiro atoms. The average Bonchev–Trinajstić information content (AvgIpc) is 2.26. The van der Waals surface area contributed by atoms with Crippen LogP contribution in [0.4, 0.5) is 5.69 Å². The summed E-state index contributed by atoms with van der Waals surface area (Å²) in [5.41, 5.74) is 0.366. The normalized spacial score (nSPS) is 10.6. The number of rotatable bonds is 1. The Labute approximate surface area is 104 Å². The molecule has 17 heavy (non-hydrogen) atoms. The molecule has 0 aliphatic carbocycles. The van der Waals surface area contributed by atoms with Gasteiger partial charge in [0.1, 0.15) is 10.1 Å². The van der Waals surface area contributed by atoms with Gasteiger partial charge in [-0.1, -0.05) is 6.07 Å². The molecule has 0 unspecified atom stereocenters. The van der Waals surface area contributed by atoms with Crippen LogP contribution in [0.3, 0.4) is 0 Å². The van der Waals surface area contributed by atoms with E-state index >= 15 is 0 Å². The molecule has 0 amide bonds. The molecule has 2 rings (SSSR count). The van der Waals surface area contributed by atoms with Crippen LogP contribution in [0.25, 0.3) is 15.7 Å². The fraction of sp³-hybridized carbons (Fsp3) is 0. The van der Waals surface area contributed by atoms with E-state index in [2.05, 4.69) is 4.98 Å². The zero-order chi connectivity index (χ0) is 11.8. The van der Waals surface area contributed by atoms with Gasteiger partial charge in [0.25, 0.3) is 0 Å². The van der Waals surface area contributed by atoms with Crippen LogP contribution in [-0.4, -0.2) is 13.0 Å². The summed E-state index contributed by atoms with van der Waals surface area (Å²) in [4.78, 5) is 2.74. The molecule has 7 heteroatoms. The van der Waals surface area contributed by atoms with Gasteiger partial charge in [-0.05, 0) is 29.0 Å². The van der Waals surface area contributed by atoms with Crippen molar-refractivity contribution in [2.75, 3.05) is 0 Å². The van der Waals surface area contributed by atoms with Crippen molar-refractivity contribution in [2.45, 2.75) is 4.90 Å². The van der Waals surface area contributed by atoms with Crippen LogP contribution < -0.4 is 0 Å². The molecule has 2 aromatic rings. The van der Waals surface area contributed by atoms with Gasteiger partial charge in [-0.3, -0.25) is 0 Å². The maximum absolute atomic E-state index is 10.8. The lowest BCUT2D eigenvalue weighted by Crippen LogP contribution is -1.97. The minimum atomic E-state index is -4.43. The molecule has 0 saturated carbocycles. The highest BCUT2D eigenvalue weighted by Gasteiger charge is 2.07. The smallest absolute Gasteiger partial charge is 0.385 e. The first kappa shape index (κ1) is 13.4. The highest BCUT2D eigenvalue weighted by molar-refractivity contribution is 7.85. The largest absolute Gasteiger partial charge is 0.744 e. The van der Waals surface area contributed by atoms with Gasteiger partial charge in [0.2, 0.25) is 5.39 Å². The number of fused-ring (bicyclic) bond motifs is 1. The third-order valence-corrected chi connectivity index (χ3v) is 3.03. The topological polar surface area (TPSA) is 85.3 Å². The summed E-state index contributed by atoms with van der Waals surface area (Å²) in [6.45, 7) is 0. The maximum atomic E-state index is 10.8. The van der Waals surface area contributed by atoms with Gasteiger partial charge >= 0.3 is 5.69 Å². The second kappa shape index (κ2) is 4.67. The number of benzene rings is 2. The first-order valence-corrected chi connectivity index (χ1v) is 5.76. The molecule has 5 nitrogen and oxygen atoms in total. The van der Waals surface area contributed by atoms with Crippen LogP contribution in [0.5, 0.6) is 0 Å². The summed E-state index contributed by atoms with van der Waals surface area (Å²) in [6, 6.07) is 8.69. The van der Waals surface area contributed by atoms with Crippen molar-refractivity contribution in [3.8, 4) is 0 Å². The van der Waals surface area contributed by atoms with E-state index in [-0.39, 0.29) is 17.3 Å². The van der Waals surface area contributed by atoms with Crippen LogP contribution in [-0.2, 0) is 10.1 Å². The predicted molar refractivity (Wildman–Crippen MR) is 63.9 cm³/mol. The van der Waals surface area contributed by atoms with Gasteiger partial charge in [-0.15, -0.1) is 12.4 Å². The summed E-state index contributed by atoms with van der Waals surface area (Å²) in [7, 11) is -4.43. The van der Waals surface area contributed by atoms with Crippen molar-refractivity contribution < 1.29 is 13.0 Å². The minimum Gasteiger partial charge on any atom is -0.744 e. The number of nitrogens with zero attached hydrogens (tertiary/aromatic N) is 2. The molecule has 0 aliphatic heterocycles. The highest BCUT2D eigenvalue weighted by atomic mass is 35.5. The molecule has 0 fully saturated rings. The number of hydrogen-bond acceptors (Lipinski definition) is 4. The molecule has 2 aromatic carbocycles. The fourth-order valence-electron chi connectivity index (χ4n) is 1.43. The summed E-state index contributed by atoms with van der Waals surface area (Å²) in [6.07, 6.45) is 0. The van der Waals surface area contributed by atoms with Crippen LogP contribution in [0.15, 0.2) is 41.3 Å². The Kier molecular flexibility index (Phi) is 3.68. The summed E-state index contributed by atoms with van der Waals surface area (Å²) in [5.74, 6) is 0. The van der Waals surface area contributed by atoms with Crippen molar-refractivity contribution >= 4 is 39.0 Å². The quantitative estimate of drug-likeness (QED) is 0.589. The maximum Gasteiger partial charge on any atom is 0.385 e. The van der Waals surface area contributed by atoms with Crippen molar-refractivity contribution in [3.63, 3.8) is 0 Å². The Bertz CT molecular complexity index is 707. The molecular formula is C10H7ClN2O3S. The van der Waals surface area contributed by atoms with E-state index in [1.165, 1.54) is 24.3 Å². The van der Waals surface area contributed by atoms with E-state index in [9.17, 15) is 13.0 Å². The SMILES string of the molecule is Cl.N#[N+]c1ccc2cc(S(=O)(=O)[O-])ccc2c1. The Morgan fingerprint density at radius 3 is 2.24 bits per heavy atom. The molecule has 0 heterocycles. The number of hydrogen-bond donors (Lipinski definition) is 0. The zero-order valence-electron chi connectivity index (χ0n) is 8.40. The third kappa shape index (κ3) is 2.71. The molecule has 0 atom stereocenters. The number of diazo groups is 1. The Morgan fingerprint density at radius 1 is 1.06 bits per heavy atom. The van der Waals surface area contributed by atoms with Gasteiger partial charge in [-0.2, -0.15) is 0 Å². The van der Waals surface area contributed by atoms with Crippen LogP contribution in [0.1, 0.15) is 0 Å². The van der Waals surface area contributed by atoms with Crippen LogP contribution >= 0.6 is 12.4 Å². The summed E-state index contributed by atoms with van der Waals surface area (Å²) < 4.78 is 32.4. The molecule has 0 aliphatic rings. The van der Waals surface area contributed by atoms with Crippen molar-refractivity contribution in [1.82, 2.24) is 0 Å². The predicted octanol–water partition coefficient (Wildman–Crippen LogP) is 2.65. The van der Waals surface area contributed by atoms with Crippen molar-refractivity contribution in [3.05, 3.63) is 41.4 Å². The van der Waals surface area contributed by atoms with Crippen LogP contribution in [0, 0.1) is 5.39 Å². The minimum absolute atomic E-state index is 0. The molecular weight excluding hydrogens is 264 g/mol. The Morgan fingerprint density at radius 2 is 1.65 bits per heavy atom. The summed E-state index contributed by atoms with van der Waals surface area (Å²) >= 11 is 0. The second-order valence-electron chi connectivity index (χ2n) is 3.25. The van der Waals surface area contributed by atoms with E-state index < -0.39 is 10.1 Å². The van der Waals surface area contributed by atoms with E-state index in [0.29, 0.717) is 16.5 Å². The fourth-order valence-corrected chi connectivity index (χ4v) is 1.93. The molecule has 0 N–H and O–H groups in total. The molecule has 0 aromatic heterocycles. The van der Waals surface area contributed by atoms with Crippen molar-refractivity contribution in [1.29, 1.82) is 5.39 Å². The van der Waals surface area contributed by atoms with E-state index in [1.54, 1.807) is 12.1 Å². The standard InChI is InChI=1S/C10H6N2O3S.ClH/c11-12-9-3-1-8-6-10(16(13,14)15)4-2-7(8)5-9;/h1-6H;1H. The average molecular weight is 271 g/mol. The lowest BCUT2D eigenvalue weighted by atomic mass is 10.1. The summed E-state index contributed by atoms with van der Waals surface area (Å²) in [5, 5.41) is 9.86. The monoisotopic (exact) mass is 270 g/mol. The molecule has 0 radical (unpaired) electrons. The van der Waals surface area contributed by atoms with Gasteiger partial charge in [-0.25, -0.2) is 8.42 Å². The number of halogens is 1. The first-order valence-electron chi connectivity index (χ1n) is 4.35. The lowest BCUT2D eigenvalue weighted by Gasteiger charge is -2.07. The molecule has 0 bridgehead atoms. The van der Waals surface area contributed by atoms with Crippen LogP contribution in [0.2, 0.25) is 0 Å².